The molecule has 5 rings (SSSR count). The third-order valence-electron chi connectivity index (χ3n) is 5.85. The molecule has 0 unspecified atom stereocenters. The Morgan fingerprint density at radius 1 is 0.286 bits per heavy atom. The minimum Gasteiger partial charge on any atom is -0.0622 e. The molecule has 0 radical (unpaired) electrons. The van der Waals surface area contributed by atoms with Gasteiger partial charge in [0.25, 0.3) is 0 Å². The smallest absolute Gasteiger partial charge is 0.0134 e. The summed E-state index contributed by atoms with van der Waals surface area (Å²) in [6, 6.07) is 49.8. The molecule has 1 heteroatoms. The fourth-order valence-electron chi connectivity index (χ4n) is 4.01. The van der Waals surface area contributed by atoms with Crippen molar-refractivity contribution in [2.45, 2.75) is 0 Å². The van der Waals surface area contributed by atoms with Gasteiger partial charge in [0.05, 0.1) is 0 Å². The van der Waals surface area contributed by atoms with Gasteiger partial charge in [-0.1, -0.05) is 164 Å². The lowest BCUT2D eigenvalue weighted by Crippen LogP contribution is -2.20. The number of benzene rings is 5. The van der Waals surface area contributed by atoms with Crippen molar-refractivity contribution < 1.29 is 0 Å². The molecule has 0 aliphatic rings. The predicted molar refractivity (Wildman–Crippen MR) is 156 cm³/mol. The first-order chi connectivity index (χ1) is 17.3. The van der Waals surface area contributed by atoms with Crippen molar-refractivity contribution in [1.29, 1.82) is 0 Å². The standard InChI is InChI=1S/C34H27P/c1-4-10-28(11-5-1)16-18-30-20-24-33(25-21-30)35(32-14-8-3-9-15-32)34-26-22-31(23-27-34)19-17-29-12-6-2-7-13-29/h1-27H. The predicted octanol–water partition coefficient (Wildman–Crippen LogP) is 7.79. The van der Waals surface area contributed by atoms with Crippen LogP contribution in [0, 0.1) is 0 Å². The molecule has 0 aromatic heterocycles. The molecule has 0 bridgehead atoms. The van der Waals surface area contributed by atoms with Crippen LogP contribution in [0.3, 0.4) is 0 Å². The van der Waals surface area contributed by atoms with Crippen molar-refractivity contribution in [2.24, 2.45) is 0 Å². The normalized spacial score (nSPS) is 12.2. The van der Waals surface area contributed by atoms with Crippen LogP contribution in [0.15, 0.2) is 140 Å². The summed E-state index contributed by atoms with van der Waals surface area (Å²) in [5, 5.41) is 4.08. The van der Waals surface area contributed by atoms with Crippen LogP contribution in [-0.4, -0.2) is 0 Å². The van der Waals surface area contributed by atoms with Gasteiger partial charge in [-0.15, -0.1) is 0 Å². The zero-order valence-electron chi connectivity index (χ0n) is 19.5. The van der Waals surface area contributed by atoms with Gasteiger partial charge in [0, 0.05) is 0 Å². The second-order valence-electron chi connectivity index (χ2n) is 8.34. The Bertz CT molecular complexity index is 1290. The molecule has 35 heavy (non-hydrogen) atoms. The molecule has 168 valence electrons. The molecule has 0 saturated heterocycles. The SMILES string of the molecule is C(=Cc1ccc(P(c2ccccc2)c2ccc(C=Cc3ccccc3)cc2)cc1)c1ccccc1. The Balaban J connectivity index is 1.40. The highest BCUT2D eigenvalue weighted by Gasteiger charge is 2.16. The average molecular weight is 467 g/mol. The molecule has 0 aliphatic heterocycles. The van der Waals surface area contributed by atoms with Crippen molar-refractivity contribution in [3.63, 3.8) is 0 Å². The molecule has 5 aromatic carbocycles. The second kappa shape index (κ2) is 11.4. The molecule has 0 fully saturated rings. The van der Waals surface area contributed by atoms with E-state index in [9.17, 15) is 0 Å². The van der Waals surface area contributed by atoms with Crippen molar-refractivity contribution in [3.05, 3.63) is 162 Å². The van der Waals surface area contributed by atoms with Crippen LogP contribution in [-0.2, 0) is 0 Å². The average Bonchev–Trinajstić information content (AvgIpc) is 2.94. The molecule has 0 N–H and O–H groups in total. The molecule has 0 saturated carbocycles. The Morgan fingerprint density at radius 2 is 0.571 bits per heavy atom. The maximum atomic E-state index is 2.28. The molecule has 0 spiro atoms. The van der Waals surface area contributed by atoms with Gasteiger partial charge < -0.3 is 0 Å². The maximum Gasteiger partial charge on any atom is -0.0134 e. The number of hydrogen-bond acceptors (Lipinski definition) is 0. The van der Waals surface area contributed by atoms with E-state index >= 15 is 0 Å². The Labute approximate surface area is 209 Å². The molecular formula is C34H27P. The zero-order chi connectivity index (χ0) is 23.7. The summed E-state index contributed by atoms with van der Waals surface area (Å²) >= 11 is 0. The van der Waals surface area contributed by atoms with E-state index in [1.165, 1.54) is 38.2 Å². The van der Waals surface area contributed by atoms with Crippen LogP contribution in [0.4, 0.5) is 0 Å². The van der Waals surface area contributed by atoms with E-state index in [0.717, 1.165) is 0 Å². The van der Waals surface area contributed by atoms with Gasteiger partial charge in [-0.2, -0.15) is 0 Å². The summed E-state index contributed by atoms with van der Waals surface area (Å²) in [7, 11) is -0.625. The monoisotopic (exact) mass is 466 g/mol. The highest BCUT2D eigenvalue weighted by molar-refractivity contribution is 7.79. The fraction of sp³-hybridized carbons (Fsp3) is 0. The van der Waals surface area contributed by atoms with Gasteiger partial charge in [-0.05, 0) is 46.1 Å². The molecular weight excluding hydrogens is 439 g/mol. The third kappa shape index (κ3) is 6.12. The quantitative estimate of drug-likeness (QED) is 0.170. The van der Waals surface area contributed by atoms with E-state index in [1.54, 1.807) is 0 Å². The van der Waals surface area contributed by atoms with E-state index in [-0.39, 0.29) is 0 Å². The lowest BCUT2D eigenvalue weighted by molar-refractivity contribution is 1.65. The van der Waals surface area contributed by atoms with Crippen molar-refractivity contribution in [3.8, 4) is 0 Å². The first-order valence-electron chi connectivity index (χ1n) is 11.9. The van der Waals surface area contributed by atoms with Crippen LogP contribution in [0.1, 0.15) is 22.3 Å². The van der Waals surface area contributed by atoms with E-state index in [4.69, 9.17) is 0 Å². The van der Waals surface area contributed by atoms with E-state index in [2.05, 4.69) is 152 Å². The third-order valence-corrected chi connectivity index (χ3v) is 8.30. The largest absolute Gasteiger partial charge is 0.0622 e. The summed E-state index contributed by atoms with van der Waals surface area (Å²) in [5.41, 5.74) is 4.85. The highest BCUT2D eigenvalue weighted by atomic mass is 31.1. The Hall–Kier alpha value is -3.99. The molecule has 0 amide bonds. The van der Waals surface area contributed by atoms with Gasteiger partial charge in [-0.3, -0.25) is 0 Å². The molecule has 0 nitrogen and oxygen atoms in total. The van der Waals surface area contributed by atoms with Crippen LogP contribution in [0.2, 0.25) is 0 Å². The first kappa shape index (κ1) is 22.8. The number of rotatable bonds is 7. The second-order valence-corrected chi connectivity index (χ2v) is 10.6. The maximum absolute atomic E-state index is 2.28. The minimum absolute atomic E-state index is 0.625. The van der Waals surface area contributed by atoms with Gasteiger partial charge in [-0.25, -0.2) is 0 Å². The van der Waals surface area contributed by atoms with E-state index in [0.29, 0.717) is 0 Å². The summed E-state index contributed by atoms with van der Waals surface area (Å²) in [4.78, 5) is 0. The van der Waals surface area contributed by atoms with Crippen LogP contribution >= 0.6 is 7.92 Å². The van der Waals surface area contributed by atoms with Crippen LogP contribution < -0.4 is 15.9 Å². The van der Waals surface area contributed by atoms with Crippen molar-refractivity contribution >= 4 is 48.1 Å². The molecule has 0 aliphatic carbocycles. The van der Waals surface area contributed by atoms with Gasteiger partial charge in [0.2, 0.25) is 0 Å². The van der Waals surface area contributed by atoms with Gasteiger partial charge in [0.15, 0.2) is 0 Å². The highest BCUT2D eigenvalue weighted by Crippen LogP contribution is 2.33. The van der Waals surface area contributed by atoms with E-state index < -0.39 is 7.92 Å². The lowest BCUT2D eigenvalue weighted by Gasteiger charge is -2.19. The summed E-state index contributed by atoms with van der Waals surface area (Å²) in [6.07, 6.45) is 8.68. The number of hydrogen-bond donors (Lipinski definition) is 0. The van der Waals surface area contributed by atoms with Crippen LogP contribution in [0.25, 0.3) is 24.3 Å². The van der Waals surface area contributed by atoms with Gasteiger partial charge >= 0.3 is 0 Å². The summed E-state index contributed by atoms with van der Waals surface area (Å²) < 4.78 is 0. The summed E-state index contributed by atoms with van der Waals surface area (Å²) in [5.74, 6) is 0. The topological polar surface area (TPSA) is 0 Å². The Kier molecular flexibility index (Phi) is 7.44. The summed E-state index contributed by atoms with van der Waals surface area (Å²) in [6.45, 7) is 0. The lowest BCUT2D eigenvalue weighted by atomic mass is 10.1. The zero-order valence-corrected chi connectivity index (χ0v) is 20.4. The molecule has 0 atom stereocenters. The van der Waals surface area contributed by atoms with Crippen LogP contribution in [0.5, 0.6) is 0 Å². The molecule has 0 heterocycles. The fourth-order valence-corrected chi connectivity index (χ4v) is 6.27. The first-order valence-corrected chi connectivity index (χ1v) is 13.2. The Morgan fingerprint density at radius 3 is 0.943 bits per heavy atom. The van der Waals surface area contributed by atoms with Crippen molar-refractivity contribution in [2.75, 3.05) is 0 Å². The minimum atomic E-state index is -0.625. The van der Waals surface area contributed by atoms with Crippen molar-refractivity contribution in [1.82, 2.24) is 0 Å². The molecule has 5 aromatic rings. The van der Waals surface area contributed by atoms with E-state index in [1.807, 2.05) is 12.1 Å². The van der Waals surface area contributed by atoms with Gasteiger partial charge in [0.1, 0.15) is 0 Å².